The molecule has 2 nitrogen and oxygen atoms in total. The van der Waals surface area contributed by atoms with Crippen LogP contribution in [-0.2, 0) is 0 Å². The number of hydrogen-bond acceptors (Lipinski definition) is 0. The summed E-state index contributed by atoms with van der Waals surface area (Å²) >= 11 is 0. The molecule has 0 fully saturated rings. The van der Waals surface area contributed by atoms with Crippen molar-refractivity contribution in [2.45, 2.75) is 94.1 Å². The summed E-state index contributed by atoms with van der Waals surface area (Å²) < 4.78 is 173. The molecule has 0 heterocycles. The predicted octanol–water partition coefficient (Wildman–Crippen LogP) is 8.02. The van der Waals surface area contributed by atoms with Gasteiger partial charge in [-0.15, -0.1) is 0 Å². The number of quaternary nitrogens is 2. The second-order valence-electron chi connectivity index (χ2n) is 11.1. The molecule has 0 saturated carbocycles. The van der Waals surface area contributed by atoms with Gasteiger partial charge in [0.25, 0.3) is 0 Å². The Balaban J connectivity index is 5.18. The second kappa shape index (κ2) is 12.7. The lowest BCUT2D eigenvalue weighted by molar-refractivity contribution is -0.946. The highest BCUT2D eigenvalue weighted by molar-refractivity contribution is 5.10. The van der Waals surface area contributed by atoms with Crippen molar-refractivity contribution in [3.63, 3.8) is 0 Å². The first-order valence-electron chi connectivity index (χ1n) is 12.3. The molecule has 0 aromatic rings. The summed E-state index contributed by atoms with van der Waals surface area (Å²) in [5.74, 6) is -36.5. The molecule has 0 aromatic heterocycles. The lowest BCUT2D eigenvalue weighted by atomic mass is 9.92. The van der Waals surface area contributed by atoms with E-state index in [0.717, 1.165) is 45.1 Å². The van der Waals surface area contributed by atoms with Crippen LogP contribution in [0.25, 0.3) is 0 Å². The van der Waals surface area contributed by atoms with E-state index in [2.05, 4.69) is 6.92 Å². The van der Waals surface area contributed by atoms with Crippen LogP contribution in [0.2, 0.25) is 0 Å². The zero-order valence-electron chi connectivity index (χ0n) is 22.3. The minimum Gasteiger partial charge on any atom is -0.324 e. The summed E-state index contributed by atoms with van der Waals surface area (Å²) in [4.78, 5) is 0. The second-order valence-corrected chi connectivity index (χ2v) is 11.1. The molecule has 0 rings (SSSR count). The van der Waals surface area contributed by atoms with Crippen LogP contribution in [0.3, 0.4) is 0 Å². The van der Waals surface area contributed by atoms with E-state index in [9.17, 15) is 57.1 Å². The first-order valence-corrected chi connectivity index (χ1v) is 12.3. The fraction of sp³-hybridized carbons (Fsp3) is 1.00. The molecule has 0 bridgehead atoms. The highest BCUT2D eigenvalue weighted by Gasteiger charge is 2.90. The number of nitrogens with zero attached hydrogens (tertiary/aromatic N) is 2. The van der Waals surface area contributed by atoms with E-state index in [1.165, 1.54) is 14.1 Å². The lowest BCUT2D eigenvalue weighted by Gasteiger charge is -2.40. The maximum absolute atomic E-state index is 14.0. The molecule has 0 N–H and O–H groups in total. The Morgan fingerprint density at radius 3 is 1.21 bits per heavy atom. The molecule has 15 heteroatoms. The monoisotopic (exact) mass is 590 g/mol. The minimum atomic E-state index is -7.85. The quantitative estimate of drug-likeness (QED) is 0.0862. The van der Waals surface area contributed by atoms with Gasteiger partial charge in [0.2, 0.25) is 0 Å². The Morgan fingerprint density at radius 2 is 0.789 bits per heavy atom. The normalized spacial score (nSPS) is 15.3. The molecule has 0 amide bonds. The molecular formula is C23H39F13N2+2. The molecule has 0 atom stereocenters. The first-order chi connectivity index (χ1) is 16.7. The van der Waals surface area contributed by atoms with Crippen molar-refractivity contribution in [3.05, 3.63) is 0 Å². The van der Waals surface area contributed by atoms with Gasteiger partial charge in [-0.2, -0.15) is 57.1 Å². The summed E-state index contributed by atoms with van der Waals surface area (Å²) in [7, 11) is 6.93. The van der Waals surface area contributed by atoms with Crippen LogP contribution in [0.5, 0.6) is 0 Å². The van der Waals surface area contributed by atoms with Gasteiger partial charge in [0, 0.05) is 12.8 Å². The van der Waals surface area contributed by atoms with Crippen LogP contribution < -0.4 is 0 Å². The smallest absolute Gasteiger partial charge is 0.324 e. The topological polar surface area (TPSA) is 0 Å². The largest absolute Gasteiger partial charge is 0.460 e. The fourth-order valence-electron chi connectivity index (χ4n) is 3.77. The molecule has 0 spiro atoms. The van der Waals surface area contributed by atoms with Gasteiger partial charge in [0.1, 0.15) is 13.1 Å². The Labute approximate surface area is 215 Å². The Bertz CT molecular complexity index is 717. The molecule has 230 valence electrons. The van der Waals surface area contributed by atoms with Gasteiger partial charge in [-0.3, -0.25) is 0 Å². The number of halogens is 13. The lowest BCUT2D eigenvalue weighted by Crippen LogP contribution is -2.70. The number of alkyl halides is 13. The van der Waals surface area contributed by atoms with E-state index in [4.69, 9.17) is 0 Å². The van der Waals surface area contributed by atoms with Crippen molar-refractivity contribution < 1.29 is 66.0 Å². The van der Waals surface area contributed by atoms with Crippen molar-refractivity contribution in [2.75, 3.05) is 54.4 Å². The van der Waals surface area contributed by atoms with E-state index >= 15 is 0 Å². The summed E-state index contributed by atoms with van der Waals surface area (Å²) in [6.45, 7) is 3.48. The molecule has 0 radical (unpaired) electrons. The van der Waals surface area contributed by atoms with Crippen molar-refractivity contribution >= 4 is 0 Å². The minimum absolute atomic E-state index is 0.0431. The molecule has 0 saturated heterocycles. The van der Waals surface area contributed by atoms with Crippen LogP contribution in [0.15, 0.2) is 0 Å². The van der Waals surface area contributed by atoms with E-state index in [1.54, 1.807) is 0 Å². The maximum atomic E-state index is 14.0. The maximum Gasteiger partial charge on any atom is 0.460 e. The number of unbranched alkanes of at least 4 members (excludes halogenated alkanes) is 5. The Morgan fingerprint density at radius 1 is 0.421 bits per heavy atom. The van der Waals surface area contributed by atoms with Crippen LogP contribution >= 0.6 is 0 Å². The molecule has 0 aromatic carbocycles. The van der Waals surface area contributed by atoms with Gasteiger partial charge >= 0.3 is 35.8 Å². The average Bonchev–Trinajstić information content (AvgIpc) is 2.73. The molecular weight excluding hydrogens is 551 g/mol. The van der Waals surface area contributed by atoms with Crippen molar-refractivity contribution in [2.24, 2.45) is 0 Å². The fourth-order valence-corrected chi connectivity index (χ4v) is 3.77. The zero-order chi connectivity index (χ0) is 30.5. The van der Waals surface area contributed by atoms with Gasteiger partial charge in [-0.05, 0) is 12.8 Å². The van der Waals surface area contributed by atoms with Gasteiger partial charge in [0.15, 0.2) is 0 Å². The molecule has 0 aliphatic heterocycles. The van der Waals surface area contributed by atoms with Crippen molar-refractivity contribution in [1.29, 1.82) is 0 Å². The SMILES string of the molecule is CCCCCCCC[N+](C)(C)CC[N+](C)(C)CCCC(F)(F)C(F)(F)C(F)(F)C(F)(F)C(F)(F)C(F)(F)F. The van der Waals surface area contributed by atoms with E-state index in [1.807, 2.05) is 14.1 Å². The third kappa shape index (κ3) is 8.76. The van der Waals surface area contributed by atoms with Gasteiger partial charge in [0.05, 0.1) is 41.3 Å². The standard InChI is InChI=1S/C23H39F13N2/c1-6-7-8-9-10-11-14-37(2,3)16-17-38(4,5)15-12-13-18(24,25)19(26,27)20(28,29)21(30,31)22(32,33)23(34,35)36/h6-17H2,1-5H3/q+2. The summed E-state index contributed by atoms with van der Waals surface area (Å²) in [5.41, 5.74) is 0. The molecule has 38 heavy (non-hydrogen) atoms. The zero-order valence-corrected chi connectivity index (χ0v) is 22.3. The summed E-state index contributed by atoms with van der Waals surface area (Å²) in [6, 6.07) is 0. The van der Waals surface area contributed by atoms with Gasteiger partial charge in [-0.25, -0.2) is 0 Å². The van der Waals surface area contributed by atoms with E-state index in [0.29, 0.717) is 17.6 Å². The third-order valence-electron chi connectivity index (χ3n) is 6.68. The first kappa shape index (κ1) is 37.0. The van der Waals surface area contributed by atoms with Crippen molar-refractivity contribution in [3.8, 4) is 0 Å². The highest BCUT2D eigenvalue weighted by atomic mass is 19.4. The van der Waals surface area contributed by atoms with Crippen LogP contribution in [0, 0.1) is 0 Å². The number of likely N-dealkylation sites (N-methyl/N-ethyl adjacent to an activating group) is 2. The summed E-state index contributed by atoms with van der Waals surface area (Å²) in [5, 5.41) is 0. The van der Waals surface area contributed by atoms with E-state index < -0.39 is 48.6 Å². The van der Waals surface area contributed by atoms with Crippen LogP contribution in [-0.4, -0.2) is 99.1 Å². The Kier molecular flexibility index (Phi) is 12.3. The predicted molar refractivity (Wildman–Crippen MR) is 117 cm³/mol. The molecule has 0 unspecified atom stereocenters. The average molecular weight is 591 g/mol. The Hall–Kier alpha value is -0.990. The molecule has 0 aliphatic rings. The van der Waals surface area contributed by atoms with Gasteiger partial charge in [-0.1, -0.05) is 32.6 Å². The number of rotatable bonds is 18. The number of hydrogen-bond donors (Lipinski definition) is 0. The van der Waals surface area contributed by atoms with E-state index in [-0.39, 0.29) is 11.0 Å². The molecule has 0 aliphatic carbocycles. The highest BCUT2D eigenvalue weighted by Crippen LogP contribution is 2.60. The van der Waals surface area contributed by atoms with Crippen LogP contribution in [0.4, 0.5) is 57.1 Å². The summed E-state index contributed by atoms with van der Waals surface area (Å²) in [6.07, 6.45) is -4.00. The van der Waals surface area contributed by atoms with Crippen molar-refractivity contribution in [1.82, 2.24) is 0 Å². The van der Waals surface area contributed by atoms with Gasteiger partial charge < -0.3 is 8.97 Å². The van der Waals surface area contributed by atoms with Crippen LogP contribution in [0.1, 0.15) is 58.3 Å². The third-order valence-corrected chi connectivity index (χ3v) is 6.68.